The van der Waals surface area contributed by atoms with Gasteiger partial charge >= 0.3 is 0 Å². The van der Waals surface area contributed by atoms with E-state index in [9.17, 15) is 0 Å². The van der Waals surface area contributed by atoms with Crippen LogP contribution in [0.15, 0.2) is 0 Å². The van der Waals surface area contributed by atoms with Gasteiger partial charge in [0.2, 0.25) is 0 Å². The summed E-state index contributed by atoms with van der Waals surface area (Å²) in [6, 6.07) is 0.702. The predicted octanol–water partition coefficient (Wildman–Crippen LogP) is 2.20. The van der Waals surface area contributed by atoms with Gasteiger partial charge in [-0.05, 0) is 31.2 Å². The van der Waals surface area contributed by atoms with Crippen LogP contribution in [0.2, 0.25) is 0 Å². The van der Waals surface area contributed by atoms with Crippen LogP contribution < -0.4 is 5.32 Å². The monoisotopic (exact) mass is 241 g/mol. The SMILES string of the molecule is CNC(C)CCCCI. The number of hydrogen-bond donors (Lipinski definition) is 1. The van der Waals surface area contributed by atoms with Gasteiger partial charge in [0.1, 0.15) is 0 Å². The molecule has 1 N–H and O–H groups in total. The minimum absolute atomic E-state index is 0.702. The van der Waals surface area contributed by atoms with Crippen molar-refractivity contribution in [1.82, 2.24) is 5.32 Å². The van der Waals surface area contributed by atoms with Gasteiger partial charge in [0.05, 0.1) is 0 Å². The Morgan fingerprint density at radius 2 is 2.11 bits per heavy atom. The molecule has 0 aliphatic rings. The maximum atomic E-state index is 3.22. The highest BCUT2D eigenvalue weighted by Crippen LogP contribution is 2.01. The van der Waals surface area contributed by atoms with Crippen molar-refractivity contribution in [3.05, 3.63) is 0 Å². The predicted molar refractivity (Wildman–Crippen MR) is 51.3 cm³/mol. The molecular weight excluding hydrogens is 225 g/mol. The zero-order chi connectivity index (χ0) is 7.11. The number of halogens is 1. The number of rotatable bonds is 5. The fraction of sp³-hybridized carbons (Fsp3) is 1.00. The topological polar surface area (TPSA) is 12.0 Å². The molecule has 56 valence electrons. The van der Waals surface area contributed by atoms with Gasteiger partial charge in [-0.25, -0.2) is 0 Å². The standard InChI is InChI=1S/C7H16IN/c1-7(9-2)5-3-4-6-8/h7,9H,3-6H2,1-2H3. The second kappa shape index (κ2) is 6.81. The maximum absolute atomic E-state index is 3.22. The number of hydrogen-bond acceptors (Lipinski definition) is 1. The summed E-state index contributed by atoms with van der Waals surface area (Å²) in [6.45, 7) is 2.23. The second-order valence-corrected chi connectivity index (χ2v) is 3.45. The Morgan fingerprint density at radius 3 is 2.56 bits per heavy atom. The molecule has 0 saturated heterocycles. The molecule has 0 aliphatic carbocycles. The van der Waals surface area contributed by atoms with E-state index in [2.05, 4.69) is 34.8 Å². The van der Waals surface area contributed by atoms with Crippen molar-refractivity contribution in [3.63, 3.8) is 0 Å². The zero-order valence-corrected chi connectivity index (χ0v) is 8.44. The third-order valence-electron chi connectivity index (χ3n) is 1.51. The highest BCUT2D eigenvalue weighted by molar-refractivity contribution is 14.1. The van der Waals surface area contributed by atoms with E-state index >= 15 is 0 Å². The van der Waals surface area contributed by atoms with Gasteiger partial charge in [-0.3, -0.25) is 0 Å². The van der Waals surface area contributed by atoms with Gasteiger partial charge in [-0.2, -0.15) is 0 Å². The van der Waals surface area contributed by atoms with Crippen LogP contribution in [0.1, 0.15) is 26.2 Å². The third-order valence-corrected chi connectivity index (χ3v) is 2.28. The molecule has 1 atom stereocenters. The fourth-order valence-corrected chi connectivity index (χ4v) is 1.23. The Kier molecular flexibility index (Phi) is 7.33. The smallest absolute Gasteiger partial charge is 0.00357 e. The lowest BCUT2D eigenvalue weighted by molar-refractivity contribution is 0.540. The molecule has 0 rings (SSSR count). The molecule has 0 aromatic heterocycles. The summed E-state index contributed by atoms with van der Waals surface area (Å²) in [6.07, 6.45) is 4.05. The molecule has 0 spiro atoms. The van der Waals surface area contributed by atoms with Crippen LogP contribution in [0, 0.1) is 0 Å². The van der Waals surface area contributed by atoms with Gasteiger partial charge < -0.3 is 5.32 Å². The van der Waals surface area contributed by atoms with E-state index in [-0.39, 0.29) is 0 Å². The summed E-state index contributed by atoms with van der Waals surface area (Å²) < 4.78 is 1.30. The molecule has 1 unspecified atom stereocenters. The van der Waals surface area contributed by atoms with Crippen LogP contribution in [0.5, 0.6) is 0 Å². The Bertz CT molecular complexity index is 56.9. The Labute approximate surface area is 71.7 Å². The van der Waals surface area contributed by atoms with Crippen molar-refractivity contribution in [1.29, 1.82) is 0 Å². The fourth-order valence-electron chi connectivity index (χ4n) is 0.689. The molecule has 0 aliphatic heterocycles. The Hall–Kier alpha value is 0.690. The lowest BCUT2D eigenvalue weighted by Gasteiger charge is -2.07. The minimum atomic E-state index is 0.702. The normalized spacial score (nSPS) is 13.7. The molecule has 9 heavy (non-hydrogen) atoms. The van der Waals surface area contributed by atoms with Crippen LogP contribution in [0.25, 0.3) is 0 Å². The zero-order valence-electron chi connectivity index (χ0n) is 6.28. The van der Waals surface area contributed by atoms with Gasteiger partial charge in [-0.15, -0.1) is 0 Å². The average Bonchev–Trinajstić information content (AvgIpc) is 1.89. The highest BCUT2D eigenvalue weighted by Gasteiger charge is 1.95. The number of unbranched alkanes of at least 4 members (excludes halogenated alkanes) is 1. The minimum Gasteiger partial charge on any atom is -0.317 e. The lowest BCUT2D eigenvalue weighted by Crippen LogP contribution is -2.20. The van der Waals surface area contributed by atoms with Crippen LogP contribution in [0.4, 0.5) is 0 Å². The first-order valence-electron chi connectivity index (χ1n) is 3.54. The lowest BCUT2D eigenvalue weighted by atomic mass is 10.1. The first kappa shape index (κ1) is 9.69. The Balaban J connectivity index is 2.88. The van der Waals surface area contributed by atoms with E-state index < -0.39 is 0 Å². The average molecular weight is 241 g/mol. The Morgan fingerprint density at radius 1 is 1.44 bits per heavy atom. The van der Waals surface area contributed by atoms with Crippen LogP contribution in [-0.2, 0) is 0 Å². The third kappa shape index (κ3) is 6.58. The molecular formula is C7H16IN. The molecule has 0 heterocycles. The highest BCUT2D eigenvalue weighted by atomic mass is 127. The molecule has 0 amide bonds. The molecule has 1 nitrogen and oxygen atoms in total. The van der Waals surface area contributed by atoms with E-state index in [1.54, 1.807) is 0 Å². The van der Waals surface area contributed by atoms with Crippen molar-refractivity contribution >= 4 is 22.6 Å². The van der Waals surface area contributed by atoms with E-state index in [1.165, 1.54) is 23.7 Å². The molecule has 0 radical (unpaired) electrons. The van der Waals surface area contributed by atoms with Crippen molar-refractivity contribution in [2.24, 2.45) is 0 Å². The molecule has 0 aromatic carbocycles. The summed E-state index contributed by atoms with van der Waals surface area (Å²) in [5.74, 6) is 0. The van der Waals surface area contributed by atoms with Crippen LogP contribution in [0.3, 0.4) is 0 Å². The van der Waals surface area contributed by atoms with Gasteiger partial charge in [0.15, 0.2) is 0 Å². The summed E-state index contributed by atoms with van der Waals surface area (Å²) in [7, 11) is 2.02. The summed E-state index contributed by atoms with van der Waals surface area (Å²) in [4.78, 5) is 0. The quantitative estimate of drug-likeness (QED) is 0.442. The summed E-state index contributed by atoms with van der Waals surface area (Å²) in [5.41, 5.74) is 0. The molecule has 2 heteroatoms. The molecule has 0 fully saturated rings. The van der Waals surface area contributed by atoms with Crippen LogP contribution in [-0.4, -0.2) is 17.5 Å². The van der Waals surface area contributed by atoms with Gasteiger partial charge in [0, 0.05) is 6.04 Å². The van der Waals surface area contributed by atoms with Crippen LogP contribution >= 0.6 is 22.6 Å². The van der Waals surface area contributed by atoms with E-state index in [4.69, 9.17) is 0 Å². The summed E-state index contributed by atoms with van der Waals surface area (Å²) in [5, 5.41) is 3.22. The van der Waals surface area contributed by atoms with Crippen molar-refractivity contribution in [3.8, 4) is 0 Å². The second-order valence-electron chi connectivity index (χ2n) is 2.37. The molecule has 0 saturated carbocycles. The molecule has 0 bridgehead atoms. The van der Waals surface area contributed by atoms with Gasteiger partial charge in [-0.1, -0.05) is 29.0 Å². The maximum Gasteiger partial charge on any atom is 0.00357 e. The number of nitrogens with one attached hydrogen (secondary N) is 1. The van der Waals surface area contributed by atoms with Crippen molar-refractivity contribution in [2.45, 2.75) is 32.2 Å². The first-order valence-corrected chi connectivity index (χ1v) is 5.07. The van der Waals surface area contributed by atoms with Gasteiger partial charge in [0.25, 0.3) is 0 Å². The first-order chi connectivity index (χ1) is 4.31. The van der Waals surface area contributed by atoms with Crippen molar-refractivity contribution < 1.29 is 0 Å². The number of alkyl halides is 1. The van der Waals surface area contributed by atoms with E-state index in [0.29, 0.717) is 6.04 Å². The summed E-state index contributed by atoms with van der Waals surface area (Å²) >= 11 is 2.43. The largest absolute Gasteiger partial charge is 0.317 e. The molecule has 0 aromatic rings. The van der Waals surface area contributed by atoms with Crippen molar-refractivity contribution in [2.75, 3.05) is 11.5 Å². The van der Waals surface area contributed by atoms with E-state index in [0.717, 1.165) is 0 Å². The van der Waals surface area contributed by atoms with E-state index in [1.807, 2.05) is 7.05 Å².